The van der Waals surface area contributed by atoms with Gasteiger partial charge in [0.2, 0.25) is 11.3 Å². The highest BCUT2D eigenvalue weighted by Crippen LogP contribution is 2.19. The van der Waals surface area contributed by atoms with Gasteiger partial charge in [-0.3, -0.25) is 14.4 Å². The van der Waals surface area contributed by atoms with E-state index < -0.39 is 11.2 Å². The highest BCUT2D eigenvalue weighted by atomic mass is 16.5. The quantitative estimate of drug-likeness (QED) is 0.396. The van der Waals surface area contributed by atoms with Crippen LogP contribution in [-0.2, 0) is 11.3 Å². The Labute approximate surface area is 203 Å². The van der Waals surface area contributed by atoms with Crippen molar-refractivity contribution < 1.29 is 14.3 Å². The van der Waals surface area contributed by atoms with Gasteiger partial charge in [-0.1, -0.05) is 26.0 Å². The van der Waals surface area contributed by atoms with E-state index >= 15 is 0 Å². The van der Waals surface area contributed by atoms with E-state index in [-0.39, 0.29) is 23.4 Å². The van der Waals surface area contributed by atoms with E-state index in [2.05, 4.69) is 24.1 Å². The monoisotopic (exact) mass is 469 g/mol. The Morgan fingerprint density at radius 2 is 1.69 bits per heavy atom. The average Bonchev–Trinajstić information content (AvgIpc) is 2.85. The van der Waals surface area contributed by atoms with Crippen molar-refractivity contribution in [2.75, 3.05) is 12.4 Å². The number of fused-ring (bicyclic) bond motifs is 1. The van der Waals surface area contributed by atoms with Crippen LogP contribution >= 0.6 is 0 Å². The van der Waals surface area contributed by atoms with Crippen molar-refractivity contribution in [2.45, 2.75) is 33.2 Å². The van der Waals surface area contributed by atoms with E-state index in [1.54, 1.807) is 47.9 Å². The number of ether oxygens (including phenoxy) is 1. The van der Waals surface area contributed by atoms with Crippen molar-refractivity contribution in [3.05, 3.63) is 99.5 Å². The maximum absolute atomic E-state index is 13.2. The van der Waals surface area contributed by atoms with Gasteiger partial charge in [-0.05, 0) is 66.9 Å². The zero-order valence-corrected chi connectivity index (χ0v) is 20.2. The molecule has 0 saturated carbocycles. The number of amides is 1. The van der Waals surface area contributed by atoms with E-state index in [0.717, 1.165) is 0 Å². The molecule has 2 aromatic heterocycles. The second-order valence-corrected chi connectivity index (χ2v) is 8.71. The van der Waals surface area contributed by atoms with Gasteiger partial charge in [-0.15, -0.1) is 0 Å². The molecule has 2 aromatic carbocycles. The second-order valence-electron chi connectivity index (χ2n) is 8.71. The molecule has 4 rings (SSSR count). The fourth-order valence-corrected chi connectivity index (χ4v) is 3.85. The van der Waals surface area contributed by atoms with Gasteiger partial charge in [0.1, 0.15) is 17.9 Å². The van der Waals surface area contributed by atoms with Crippen molar-refractivity contribution in [2.24, 2.45) is 0 Å². The number of pyridine rings is 2. The third-order valence-corrected chi connectivity index (χ3v) is 5.83. The lowest BCUT2D eigenvalue weighted by molar-refractivity contribution is -0.116. The number of ketones is 1. The lowest BCUT2D eigenvalue weighted by Crippen LogP contribution is -2.25. The molecule has 7 nitrogen and oxygen atoms in total. The first-order valence-corrected chi connectivity index (χ1v) is 11.4. The Hall–Kier alpha value is -4.26. The van der Waals surface area contributed by atoms with Crippen LogP contribution in [0, 0.1) is 6.92 Å². The van der Waals surface area contributed by atoms with Gasteiger partial charge in [0, 0.05) is 23.1 Å². The average molecular weight is 470 g/mol. The van der Waals surface area contributed by atoms with Gasteiger partial charge >= 0.3 is 0 Å². The maximum Gasteiger partial charge on any atom is 0.244 e. The van der Waals surface area contributed by atoms with Crippen LogP contribution in [0.1, 0.15) is 46.9 Å². The van der Waals surface area contributed by atoms with Crippen LogP contribution in [0.2, 0.25) is 0 Å². The lowest BCUT2D eigenvalue weighted by Gasteiger charge is -2.14. The summed E-state index contributed by atoms with van der Waals surface area (Å²) in [7, 11) is 1.54. The molecule has 0 aliphatic heterocycles. The molecular weight excluding hydrogens is 442 g/mol. The fraction of sp³-hybridized carbons (Fsp3) is 0.214. The number of nitrogens with one attached hydrogen (secondary N) is 1. The van der Waals surface area contributed by atoms with Crippen molar-refractivity contribution in [3.63, 3.8) is 0 Å². The minimum Gasteiger partial charge on any atom is -0.497 e. The molecule has 0 aliphatic rings. The first-order chi connectivity index (χ1) is 16.8. The molecule has 0 aliphatic carbocycles. The van der Waals surface area contributed by atoms with Gasteiger partial charge < -0.3 is 14.6 Å². The topological polar surface area (TPSA) is 90.3 Å². The van der Waals surface area contributed by atoms with E-state index in [0.29, 0.717) is 34.3 Å². The van der Waals surface area contributed by atoms with Crippen LogP contribution in [0.25, 0.3) is 11.0 Å². The van der Waals surface area contributed by atoms with Crippen molar-refractivity contribution in [3.8, 4) is 5.75 Å². The number of aryl methyl sites for hydroxylation is 1. The predicted molar refractivity (Wildman–Crippen MR) is 136 cm³/mol. The van der Waals surface area contributed by atoms with Crippen molar-refractivity contribution in [1.29, 1.82) is 0 Å². The number of benzene rings is 2. The van der Waals surface area contributed by atoms with E-state index in [4.69, 9.17) is 4.74 Å². The Morgan fingerprint density at radius 3 is 2.31 bits per heavy atom. The Balaban J connectivity index is 1.69. The van der Waals surface area contributed by atoms with Crippen molar-refractivity contribution >= 4 is 28.4 Å². The maximum atomic E-state index is 13.2. The molecule has 1 amide bonds. The van der Waals surface area contributed by atoms with Crippen LogP contribution in [0.3, 0.4) is 0 Å². The molecule has 0 saturated heterocycles. The Kier molecular flexibility index (Phi) is 6.78. The van der Waals surface area contributed by atoms with Gasteiger partial charge in [-0.25, -0.2) is 4.98 Å². The lowest BCUT2D eigenvalue weighted by atomic mass is 10.0. The van der Waals surface area contributed by atoms with Crippen LogP contribution in [0.4, 0.5) is 5.69 Å². The first kappa shape index (κ1) is 23.9. The summed E-state index contributed by atoms with van der Waals surface area (Å²) in [5.74, 6) is 0.274. The van der Waals surface area contributed by atoms with Gasteiger partial charge in [0.15, 0.2) is 5.78 Å². The standard InChI is InChI=1S/C28H27N3O4/c1-17(2)19-6-10-21(11-7-19)30-25(32)16-31-15-24(26(33)20-8-12-22(35-4)13-9-20)27(34)23-14-5-18(3)29-28(23)31/h5-15,17H,16H2,1-4H3,(H,30,32). The smallest absolute Gasteiger partial charge is 0.244 e. The molecular formula is C28H27N3O4. The molecule has 0 radical (unpaired) electrons. The Bertz CT molecular complexity index is 1450. The van der Waals surface area contributed by atoms with Gasteiger partial charge in [0.25, 0.3) is 0 Å². The van der Waals surface area contributed by atoms with Crippen LogP contribution in [0.15, 0.2) is 71.7 Å². The molecule has 2 heterocycles. The highest BCUT2D eigenvalue weighted by molar-refractivity contribution is 6.10. The summed E-state index contributed by atoms with van der Waals surface area (Å²) in [4.78, 5) is 43.8. The van der Waals surface area contributed by atoms with Crippen LogP contribution in [0.5, 0.6) is 5.75 Å². The zero-order valence-electron chi connectivity index (χ0n) is 20.2. The zero-order chi connectivity index (χ0) is 25.1. The summed E-state index contributed by atoms with van der Waals surface area (Å²) in [6.07, 6.45) is 1.42. The number of anilines is 1. The largest absolute Gasteiger partial charge is 0.497 e. The van der Waals surface area contributed by atoms with Crippen molar-refractivity contribution in [1.82, 2.24) is 9.55 Å². The van der Waals surface area contributed by atoms with E-state index in [1.807, 2.05) is 24.3 Å². The number of carbonyl (C=O) groups is 2. The third-order valence-electron chi connectivity index (χ3n) is 5.83. The summed E-state index contributed by atoms with van der Waals surface area (Å²) in [6, 6.07) is 17.6. The highest BCUT2D eigenvalue weighted by Gasteiger charge is 2.19. The molecule has 0 bridgehead atoms. The van der Waals surface area contributed by atoms with Gasteiger partial charge in [0.05, 0.1) is 18.1 Å². The second kappa shape index (κ2) is 9.93. The first-order valence-electron chi connectivity index (χ1n) is 11.4. The number of aromatic nitrogens is 2. The summed E-state index contributed by atoms with van der Waals surface area (Å²) < 4.78 is 6.70. The number of nitrogens with zero attached hydrogens (tertiary/aromatic N) is 2. The summed E-state index contributed by atoms with van der Waals surface area (Å²) in [5.41, 5.74) is 2.80. The minimum absolute atomic E-state index is 0.0255. The van der Waals surface area contributed by atoms with E-state index in [9.17, 15) is 14.4 Å². The molecule has 0 fully saturated rings. The SMILES string of the molecule is COc1ccc(C(=O)c2cn(CC(=O)Nc3ccc(C(C)C)cc3)c3nc(C)ccc3c2=O)cc1. The molecule has 35 heavy (non-hydrogen) atoms. The minimum atomic E-state index is -0.432. The normalized spacial score (nSPS) is 11.0. The Morgan fingerprint density at radius 1 is 1.00 bits per heavy atom. The third kappa shape index (κ3) is 5.14. The number of hydrogen-bond acceptors (Lipinski definition) is 5. The number of hydrogen-bond donors (Lipinski definition) is 1. The summed E-state index contributed by atoms with van der Waals surface area (Å²) in [6.45, 7) is 5.91. The molecule has 4 aromatic rings. The molecule has 1 N–H and O–H groups in total. The van der Waals surface area contributed by atoms with Gasteiger partial charge in [-0.2, -0.15) is 0 Å². The number of carbonyl (C=O) groups excluding carboxylic acids is 2. The number of rotatable bonds is 7. The summed E-state index contributed by atoms with van der Waals surface area (Å²) in [5, 5.41) is 3.16. The summed E-state index contributed by atoms with van der Waals surface area (Å²) >= 11 is 0. The van der Waals surface area contributed by atoms with Crippen LogP contribution < -0.4 is 15.5 Å². The van der Waals surface area contributed by atoms with E-state index in [1.165, 1.54) is 18.9 Å². The molecule has 0 unspecified atom stereocenters. The molecule has 7 heteroatoms. The number of methoxy groups -OCH3 is 1. The molecule has 0 spiro atoms. The fourth-order valence-electron chi connectivity index (χ4n) is 3.85. The molecule has 0 atom stereocenters. The van der Waals surface area contributed by atoms with Crippen LogP contribution in [-0.4, -0.2) is 28.4 Å². The predicted octanol–water partition coefficient (Wildman–Crippen LogP) is 4.71. The molecule has 178 valence electrons.